The number of para-hydroxylation sites is 8. The lowest BCUT2D eigenvalue weighted by Crippen LogP contribution is -2.13. The number of aliphatic hydroxyl groups is 1. The highest BCUT2D eigenvalue weighted by molar-refractivity contribution is 5.89. The number of hydrogen-bond donors (Lipinski definition) is 2. The summed E-state index contributed by atoms with van der Waals surface area (Å²) in [6, 6.07) is 35.9. The molecule has 0 unspecified atom stereocenters. The first-order valence-electron chi connectivity index (χ1n) is 16.4. The Morgan fingerprint density at radius 3 is 0.980 bits per heavy atom. The molecular formula is C40H40O11. The molecule has 5 rings (SSSR count). The van der Waals surface area contributed by atoms with Crippen LogP contribution in [-0.2, 0) is 6.61 Å². The van der Waals surface area contributed by atoms with Gasteiger partial charge in [-0.3, -0.25) is 0 Å². The molecule has 0 aliphatic heterocycles. The second-order valence-electron chi connectivity index (χ2n) is 10.7. The van der Waals surface area contributed by atoms with Crippen LogP contribution in [0.4, 0.5) is 0 Å². The minimum atomic E-state index is -1.01. The van der Waals surface area contributed by atoms with Crippen molar-refractivity contribution in [2.24, 2.45) is 0 Å². The SMILES string of the molecule is O=C(O)c1ccccc1COc1ccccc1OCCOc1ccccc1OCCOc1ccccc1OCCOc1ccccc1OCCO. The molecule has 0 saturated heterocycles. The third kappa shape index (κ3) is 11.2. The number of aromatic carboxylic acids is 1. The molecule has 11 nitrogen and oxygen atoms in total. The van der Waals surface area contributed by atoms with Crippen LogP contribution in [0.5, 0.6) is 46.0 Å². The fraction of sp³-hybridized carbons (Fsp3) is 0.225. The van der Waals surface area contributed by atoms with Gasteiger partial charge in [-0.15, -0.1) is 0 Å². The molecule has 0 bridgehead atoms. The molecule has 266 valence electrons. The van der Waals surface area contributed by atoms with Gasteiger partial charge in [0.25, 0.3) is 0 Å². The molecule has 0 atom stereocenters. The molecule has 0 fully saturated rings. The van der Waals surface area contributed by atoms with Crippen LogP contribution in [0.1, 0.15) is 15.9 Å². The smallest absolute Gasteiger partial charge is 0.336 e. The normalized spacial score (nSPS) is 10.5. The summed E-state index contributed by atoms with van der Waals surface area (Å²) in [4.78, 5) is 11.5. The summed E-state index contributed by atoms with van der Waals surface area (Å²) in [5.74, 6) is 3.40. The van der Waals surface area contributed by atoms with Crippen LogP contribution in [0.3, 0.4) is 0 Å². The summed E-state index contributed by atoms with van der Waals surface area (Å²) in [6.07, 6.45) is 0. The molecule has 5 aromatic carbocycles. The molecule has 0 heterocycles. The molecule has 0 aliphatic carbocycles. The molecule has 11 heteroatoms. The third-order valence-corrected chi connectivity index (χ3v) is 7.17. The van der Waals surface area contributed by atoms with E-state index in [9.17, 15) is 9.90 Å². The Balaban J connectivity index is 1.04. The second-order valence-corrected chi connectivity index (χ2v) is 10.7. The van der Waals surface area contributed by atoms with E-state index in [-0.39, 0.29) is 65.0 Å². The minimum absolute atomic E-state index is 0.0833. The van der Waals surface area contributed by atoms with Crippen LogP contribution in [0.15, 0.2) is 121 Å². The van der Waals surface area contributed by atoms with Crippen molar-refractivity contribution in [1.82, 2.24) is 0 Å². The Morgan fingerprint density at radius 2 is 0.667 bits per heavy atom. The Labute approximate surface area is 296 Å². The zero-order valence-electron chi connectivity index (χ0n) is 28.0. The van der Waals surface area contributed by atoms with E-state index < -0.39 is 5.97 Å². The summed E-state index contributed by atoms with van der Waals surface area (Å²) in [5.41, 5.74) is 0.756. The largest absolute Gasteiger partial charge is 0.487 e. The molecule has 5 aromatic rings. The van der Waals surface area contributed by atoms with Crippen LogP contribution in [0, 0.1) is 0 Å². The van der Waals surface area contributed by atoms with E-state index in [2.05, 4.69) is 0 Å². The fourth-order valence-corrected chi connectivity index (χ4v) is 4.83. The molecule has 0 spiro atoms. The number of carboxylic acid groups (broad SMARTS) is 1. The second kappa shape index (κ2) is 19.8. The first-order valence-corrected chi connectivity index (χ1v) is 16.4. The average Bonchev–Trinajstić information content (AvgIpc) is 3.17. The summed E-state index contributed by atoms with van der Waals surface area (Å²) in [6.45, 7) is 1.73. The highest BCUT2D eigenvalue weighted by atomic mass is 16.6. The molecule has 0 radical (unpaired) electrons. The number of rotatable bonds is 22. The Kier molecular flexibility index (Phi) is 14.1. The maximum absolute atomic E-state index is 11.5. The Hall–Kier alpha value is -6.07. The van der Waals surface area contributed by atoms with E-state index in [4.69, 9.17) is 43.0 Å². The van der Waals surface area contributed by atoms with E-state index in [0.717, 1.165) is 0 Å². The third-order valence-electron chi connectivity index (χ3n) is 7.17. The molecule has 0 saturated carbocycles. The van der Waals surface area contributed by atoms with Crippen molar-refractivity contribution in [2.75, 3.05) is 52.9 Å². The van der Waals surface area contributed by atoms with Gasteiger partial charge in [-0.2, -0.15) is 0 Å². The number of carbonyl (C=O) groups is 1. The van der Waals surface area contributed by atoms with Crippen molar-refractivity contribution >= 4 is 5.97 Å². The van der Waals surface area contributed by atoms with Crippen molar-refractivity contribution in [1.29, 1.82) is 0 Å². The van der Waals surface area contributed by atoms with Gasteiger partial charge in [0, 0.05) is 5.56 Å². The molecule has 51 heavy (non-hydrogen) atoms. The summed E-state index contributed by atoms with van der Waals surface area (Å²) in [7, 11) is 0. The molecule has 0 aromatic heterocycles. The van der Waals surface area contributed by atoms with Gasteiger partial charge >= 0.3 is 5.97 Å². The zero-order valence-corrected chi connectivity index (χ0v) is 28.0. The van der Waals surface area contributed by atoms with Gasteiger partial charge in [-0.25, -0.2) is 4.79 Å². The molecule has 0 amide bonds. The topological polar surface area (TPSA) is 131 Å². The Morgan fingerprint density at radius 1 is 0.392 bits per heavy atom. The van der Waals surface area contributed by atoms with Gasteiger partial charge in [0.05, 0.1) is 12.2 Å². The highest BCUT2D eigenvalue weighted by Gasteiger charge is 2.12. The van der Waals surface area contributed by atoms with Gasteiger partial charge < -0.3 is 48.1 Å². The first-order chi connectivity index (χ1) is 25.1. The van der Waals surface area contributed by atoms with Gasteiger partial charge in [-0.1, -0.05) is 66.7 Å². The number of ether oxygens (including phenoxy) is 8. The standard InChI is InChI=1S/C40H40O11/c41-21-22-44-32-13-3-4-14-33(32)45-23-24-46-34-15-5-6-16-35(34)47-25-26-48-36-17-7-8-18-37(36)49-27-28-50-38-19-9-10-20-39(38)51-29-30-11-1-2-12-31(30)40(42)43/h1-20,41H,21-29H2,(H,42,43). The summed E-state index contributed by atoms with van der Waals surface area (Å²) >= 11 is 0. The minimum Gasteiger partial charge on any atom is -0.487 e. The van der Waals surface area contributed by atoms with Gasteiger partial charge in [0.2, 0.25) is 0 Å². The van der Waals surface area contributed by atoms with Gasteiger partial charge in [0.1, 0.15) is 52.9 Å². The number of benzene rings is 5. The molecule has 0 aliphatic rings. The van der Waals surface area contributed by atoms with E-state index in [1.165, 1.54) is 0 Å². The summed E-state index contributed by atoms with van der Waals surface area (Å²) < 4.78 is 47.0. The van der Waals surface area contributed by atoms with Crippen LogP contribution in [0.25, 0.3) is 0 Å². The number of aliphatic hydroxyl groups excluding tert-OH is 1. The van der Waals surface area contributed by atoms with Gasteiger partial charge in [0.15, 0.2) is 46.0 Å². The van der Waals surface area contributed by atoms with Crippen LogP contribution >= 0.6 is 0 Å². The van der Waals surface area contributed by atoms with Crippen LogP contribution in [-0.4, -0.2) is 69.0 Å². The van der Waals surface area contributed by atoms with Crippen LogP contribution < -0.4 is 37.9 Å². The van der Waals surface area contributed by atoms with Crippen LogP contribution in [0.2, 0.25) is 0 Å². The monoisotopic (exact) mass is 696 g/mol. The number of carboxylic acids is 1. The van der Waals surface area contributed by atoms with Crippen molar-refractivity contribution in [3.05, 3.63) is 132 Å². The lowest BCUT2D eigenvalue weighted by atomic mass is 10.1. The van der Waals surface area contributed by atoms with Crippen molar-refractivity contribution < 1.29 is 52.9 Å². The lowest BCUT2D eigenvalue weighted by Gasteiger charge is -2.16. The van der Waals surface area contributed by atoms with Crippen molar-refractivity contribution in [3.63, 3.8) is 0 Å². The average molecular weight is 697 g/mol. The maximum atomic E-state index is 11.5. The van der Waals surface area contributed by atoms with E-state index in [1.54, 1.807) is 48.5 Å². The maximum Gasteiger partial charge on any atom is 0.336 e. The molecule has 2 N–H and O–H groups in total. The lowest BCUT2D eigenvalue weighted by molar-refractivity contribution is 0.0694. The van der Waals surface area contributed by atoms with Crippen molar-refractivity contribution in [3.8, 4) is 46.0 Å². The first kappa shape index (κ1) is 36.2. The van der Waals surface area contributed by atoms with E-state index >= 15 is 0 Å². The summed E-state index contributed by atoms with van der Waals surface area (Å²) in [5, 5.41) is 18.5. The predicted molar refractivity (Wildman–Crippen MR) is 189 cm³/mol. The fourth-order valence-electron chi connectivity index (χ4n) is 4.83. The van der Waals surface area contributed by atoms with E-state index in [0.29, 0.717) is 51.6 Å². The number of hydrogen-bond acceptors (Lipinski definition) is 10. The highest BCUT2D eigenvalue weighted by Crippen LogP contribution is 2.30. The predicted octanol–water partition coefficient (Wildman–Crippen LogP) is 6.71. The Bertz CT molecular complexity index is 1810. The molecular weight excluding hydrogens is 656 g/mol. The van der Waals surface area contributed by atoms with Gasteiger partial charge in [-0.05, 0) is 54.6 Å². The quantitative estimate of drug-likeness (QED) is 0.0749. The van der Waals surface area contributed by atoms with Crippen molar-refractivity contribution in [2.45, 2.75) is 6.61 Å². The van der Waals surface area contributed by atoms with E-state index in [1.807, 2.05) is 72.8 Å². The zero-order chi connectivity index (χ0) is 35.5.